The van der Waals surface area contributed by atoms with E-state index in [1.165, 1.54) is 33.5 Å². The van der Waals surface area contributed by atoms with Crippen molar-refractivity contribution in [3.8, 4) is 0 Å². The molecule has 252 valence electrons. The van der Waals surface area contributed by atoms with E-state index in [9.17, 15) is 21.6 Å². The summed E-state index contributed by atoms with van der Waals surface area (Å²) in [5.74, 6) is 0.650. The van der Waals surface area contributed by atoms with Crippen LogP contribution in [-0.2, 0) is 36.3 Å². The number of sulfonamides is 2. The SMILES string of the molecule is C/C=C\C(=NC)NC(=O)C1=C(OCn2ccc3c(N(C)C4CCC(CS(=O)(=O)NC)CC4)ncnc32)c2ccccc2S(=O)(=O)N1C. The first-order valence-corrected chi connectivity index (χ1v) is 18.3. The molecule has 1 fully saturated rings. The second-order valence-electron chi connectivity index (χ2n) is 11.5. The lowest BCUT2D eigenvalue weighted by atomic mass is 9.86. The molecule has 0 spiro atoms. The Labute approximate surface area is 275 Å². The average molecular weight is 685 g/mol. The number of likely N-dealkylation sites (N-methyl/N-ethyl adjacent to an activating group) is 1. The molecule has 1 aromatic carbocycles. The van der Waals surface area contributed by atoms with Crippen molar-refractivity contribution in [1.82, 2.24) is 28.9 Å². The van der Waals surface area contributed by atoms with Crippen LogP contribution in [0, 0.1) is 5.92 Å². The molecule has 1 saturated carbocycles. The fourth-order valence-electron chi connectivity index (χ4n) is 6.09. The predicted octanol–water partition coefficient (Wildman–Crippen LogP) is 2.67. The second-order valence-corrected chi connectivity index (χ2v) is 15.4. The van der Waals surface area contributed by atoms with Gasteiger partial charge in [0, 0.05) is 38.9 Å². The summed E-state index contributed by atoms with van der Waals surface area (Å²) in [4.78, 5) is 28.9. The molecule has 14 nitrogen and oxygen atoms in total. The van der Waals surface area contributed by atoms with E-state index in [0.29, 0.717) is 5.65 Å². The van der Waals surface area contributed by atoms with Gasteiger partial charge in [-0.3, -0.25) is 18.7 Å². The van der Waals surface area contributed by atoms with E-state index >= 15 is 0 Å². The summed E-state index contributed by atoms with van der Waals surface area (Å²) in [5.41, 5.74) is 0.682. The van der Waals surface area contributed by atoms with Gasteiger partial charge in [-0.15, -0.1) is 0 Å². The molecule has 0 unspecified atom stereocenters. The summed E-state index contributed by atoms with van der Waals surface area (Å²) < 4.78 is 62.3. The number of aliphatic imine (C=N–C) groups is 1. The molecule has 1 amide bonds. The first kappa shape index (κ1) is 34.1. The molecule has 1 aliphatic heterocycles. The number of anilines is 1. The minimum atomic E-state index is -4.04. The zero-order chi connectivity index (χ0) is 33.9. The van der Waals surface area contributed by atoms with Gasteiger partial charge in [-0.05, 0) is 69.8 Å². The normalized spacial score (nSPS) is 20.0. The molecule has 3 aromatic rings. The summed E-state index contributed by atoms with van der Waals surface area (Å²) in [6, 6.07) is 8.46. The lowest BCUT2D eigenvalue weighted by molar-refractivity contribution is -0.117. The minimum Gasteiger partial charge on any atom is -0.470 e. The van der Waals surface area contributed by atoms with Gasteiger partial charge in [-0.25, -0.2) is 31.5 Å². The van der Waals surface area contributed by atoms with Crippen LogP contribution in [0.5, 0.6) is 0 Å². The number of nitrogens with one attached hydrogen (secondary N) is 2. The molecule has 3 heterocycles. The van der Waals surface area contributed by atoms with Gasteiger partial charge >= 0.3 is 0 Å². The van der Waals surface area contributed by atoms with Crippen LogP contribution >= 0.6 is 0 Å². The number of aromatic nitrogens is 3. The monoisotopic (exact) mass is 684 g/mol. The molecule has 1 aliphatic carbocycles. The molecule has 5 rings (SSSR count). The highest BCUT2D eigenvalue weighted by atomic mass is 32.2. The number of amidine groups is 1. The molecule has 47 heavy (non-hydrogen) atoms. The number of allylic oxidation sites excluding steroid dienone is 1. The maximum atomic E-state index is 13.6. The highest BCUT2D eigenvalue weighted by molar-refractivity contribution is 7.89. The molecule has 2 aliphatic rings. The second kappa shape index (κ2) is 13.8. The molecular weight excluding hydrogens is 645 g/mol. The Bertz CT molecular complexity index is 1960. The van der Waals surface area contributed by atoms with E-state index in [4.69, 9.17) is 4.74 Å². The van der Waals surface area contributed by atoms with E-state index in [0.717, 1.165) is 41.2 Å². The summed E-state index contributed by atoms with van der Waals surface area (Å²) in [6.07, 6.45) is 9.87. The van der Waals surface area contributed by atoms with Crippen LogP contribution in [-0.4, -0.2) is 87.4 Å². The van der Waals surface area contributed by atoms with E-state index in [1.807, 2.05) is 13.1 Å². The van der Waals surface area contributed by atoms with Gasteiger partial charge in [0.2, 0.25) is 10.0 Å². The first-order chi connectivity index (χ1) is 22.4. The van der Waals surface area contributed by atoms with Crippen LogP contribution in [0.3, 0.4) is 0 Å². The summed E-state index contributed by atoms with van der Waals surface area (Å²) in [6.45, 7) is 1.70. The molecule has 2 N–H and O–H groups in total. The van der Waals surface area contributed by atoms with Crippen molar-refractivity contribution in [2.24, 2.45) is 10.9 Å². The third-order valence-corrected chi connectivity index (χ3v) is 12.0. The van der Waals surface area contributed by atoms with Gasteiger partial charge in [0.15, 0.2) is 18.2 Å². The van der Waals surface area contributed by atoms with Gasteiger partial charge in [0.25, 0.3) is 15.9 Å². The highest BCUT2D eigenvalue weighted by Gasteiger charge is 2.39. The highest BCUT2D eigenvalue weighted by Crippen LogP contribution is 2.37. The first-order valence-electron chi connectivity index (χ1n) is 15.2. The number of rotatable bonds is 10. The molecule has 0 bridgehead atoms. The van der Waals surface area contributed by atoms with Crippen LogP contribution in [0.15, 0.2) is 70.6 Å². The molecule has 16 heteroatoms. The number of ether oxygens (including phenoxy) is 1. The van der Waals surface area contributed by atoms with Crippen molar-refractivity contribution >= 4 is 54.4 Å². The molecule has 0 atom stereocenters. The molecular formula is C31H40N8O6S2. The van der Waals surface area contributed by atoms with Crippen molar-refractivity contribution in [3.63, 3.8) is 0 Å². The van der Waals surface area contributed by atoms with E-state index in [-0.39, 0.29) is 52.2 Å². The van der Waals surface area contributed by atoms with Gasteiger partial charge in [0.1, 0.15) is 23.6 Å². The Hall–Kier alpha value is -4.28. The van der Waals surface area contributed by atoms with Gasteiger partial charge in [-0.2, -0.15) is 0 Å². The predicted molar refractivity (Wildman–Crippen MR) is 180 cm³/mol. The van der Waals surface area contributed by atoms with Crippen LogP contribution in [0.2, 0.25) is 0 Å². The third kappa shape index (κ3) is 6.89. The van der Waals surface area contributed by atoms with Crippen LogP contribution in [0.1, 0.15) is 38.2 Å². The Morgan fingerprint density at radius 1 is 1.17 bits per heavy atom. The van der Waals surface area contributed by atoms with Crippen LogP contribution in [0.25, 0.3) is 16.8 Å². The van der Waals surface area contributed by atoms with Crippen molar-refractivity contribution in [3.05, 3.63) is 66.3 Å². The van der Waals surface area contributed by atoms with Crippen LogP contribution in [0.4, 0.5) is 5.82 Å². The summed E-state index contributed by atoms with van der Waals surface area (Å²) in [7, 11) is -1.03. The minimum absolute atomic E-state index is 0.0220. The van der Waals surface area contributed by atoms with Crippen LogP contribution < -0.4 is 14.9 Å². The zero-order valence-electron chi connectivity index (χ0n) is 27.0. The van der Waals surface area contributed by atoms with Crippen molar-refractivity contribution in [2.75, 3.05) is 38.8 Å². The number of fused-ring (bicyclic) bond motifs is 2. The zero-order valence-corrected chi connectivity index (χ0v) is 28.7. The number of carbonyl (C=O) groups excluding carboxylic acids is 1. The lowest BCUT2D eigenvalue weighted by Crippen LogP contribution is -2.41. The molecule has 2 aromatic heterocycles. The molecule has 0 radical (unpaired) electrons. The smallest absolute Gasteiger partial charge is 0.277 e. The fraction of sp³-hybridized carbons (Fsp3) is 0.419. The van der Waals surface area contributed by atoms with Gasteiger partial charge in [0.05, 0.1) is 16.0 Å². The average Bonchev–Trinajstić information content (AvgIpc) is 3.48. The van der Waals surface area contributed by atoms with Gasteiger partial charge < -0.3 is 15.0 Å². The van der Waals surface area contributed by atoms with Crippen molar-refractivity contribution in [2.45, 2.75) is 50.3 Å². The number of benzene rings is 1. The van der Waals surface area contributed by atoms with E-state index in [2.05, 4.69) is 29.9 Å². The maximum Gasteiger partial charge on any atom is 0.277 e. The third-order valence-electron chi connectivity index (χ3n) is 8.67. The van der Waals surface area contributed by atoms with Crippen molar-refractivity contribution in [1.29, 1.82) is 0 Å². The molecule has 0 saturated heterocycles. The van der Waals surface area contributed by atoms with Crippen molar-refractivity contribution < 1.29 is 26.4 Å². The van der Waals surface area contributed by atoms with Gasteiger partial charge in [-0.1, -0.05) is 18.2 Å². The van der Waals surface area contributed by atoms with E-state index in [1.54, 1.807) is 48.0 Å². The number of nitrogens with zero attached hydrogens (tertiary/aromatic N) is 6. The standard InChI is InChI=1S/C31H40N8O6S2/c1-6-9-26(32-2)36-31(40)27-28(23-10-7-8-11-25(23)47(43,44)38(27)5)45-20-39-17-16-24-29(34-19-35-30(24)39)37(4)22-14-12-21(13-15-22)18-46(41,42)33-3/h6-11,16-17,19,21-22,33H,12-15,18,20H2,1-5H3,(H,32,36,40)/b9-6-. The Morgan fingerprint density at radius 2 is 1.89 bits per heavy atom. The Kier molecular flexibility index (Phi) is 10.0. The number of hydrogen-bond donors (Lipinski definition) is 2. The number of hydrogen-bond acceptors (Lipinski definition) is 10. The number of amides is 1. The Morgan fingerprint density at radius 3 is 2.57 bits per heavy atom. The summed E-state index contributed by atoms with van der Waals surface area (Å²) in [5, 5.41) is 3.47. The topological polar surface area (TPSA) is 168 Å². The maximum absolute atomic E-state index is 13.6. The number of carbonyl (C=O) groups is 1. The summed E-state index contributed by atoms with van der Waals surface area (Å²) >= 11 is 0. The van der Waals surface area contributed by atoms with E-state index < -0.39 is 26.0 Å². The quantitative estimate of drug-likeness (QED) is 0.241. The largest absolute Gasteiger partial charge is 0.470 e. The fourth-order valence-corrected chi connectivity index (χ4v) is 8.60. The lowest BCUT2D eigenvalue weighted by Gasteiger charge is -2.35. The Balaban J connectivity index is 1.42.